The van der Waals surface area contributed by atoms with Crippen LogP contribution >= 0.6 is 0 Å². The number of furan rings is 1. The van der Waals surface area contributed by atoms with Gasteiger partial charge in [-0.3, -0.25) is 4.79 Å². The number of hydrogen-bond donors (Lipinski definition) is 0. The van der Waals surface area contributed by atoms with Crippen LogP contribution in [0.25, 0.3) is 0 Å². The largest absolute Gasteiger partial charge is 0.486 e. The highest BCUT2D eigenvalue weighted by atomic mass is 16.5. The zero-order chi connectivity index (χ0) is 11.4. The summed E-state index contributed by atoms with van der Waals surface area (Å²) in [5, 5.41) is 0. The van der Waals surface area contributed by atoms with Gasteiger partial charge in [0.25, 0.3) is 0 Å². The summed E-state index contributed by atoms with van der Waals surface area (Å²) >= 11 is 0. The molecule has 1 heterocycles. The van der Waals surface area contributed by atoms with Gasteiger partial charge in [0.15, 0.2) is 5.78 Å². The Labute approximate surface area is 93.7 Å². The number of Topliss-reactive ketones (excluding diaryl/α,β-unsaturated/α-hetero) is 1. The quantitative estimate of drug-likeness (QED) is 0.737. The van der Waals surface area contributed by atoms with E-state index >= 15 is 0 Å². The minimum absolute atomic E-state index is 0.0533. The van der Waals surface area contributed by atoms with Crippen molar-refractivity contribution in [3.05, 3.63) is 54.0 Å². The van der Waals surface area contributed by atoms with Crippen molar-refractivity contribution in [3.63, 3.8) is 0 Å². The van der Waals surface area contributed by atoms with Crippen molar-refractivity contribution in [1.82, 2.24) is 0 Å². The van der Waals surface area contributed by atoms with Gasteiger partial charge in [-0.15, -0.1) is 0 Å². The number of carbonyl (C=O) groups excluding carboxylic acids is 1. The fourth-order valence-electron chi connectivity index (χ4n) is 1.34. The van der Waals surface area contributed by atoms with Crippen molar-refractivity contribution in [2.24, 2.45) is 0 Å². The van der Waals surface area contributed by atoms with E-state index in [1.807, 2.05) is 12.1 Å². The van der Waals surface area contributed by atoms with E-state index in [1.54, 1.807) is 37.5 Å². The molecule has 0 atom stereocenters. The molecule has 3 heteroatoms. The second-order valence-electron chi connectivity index (χ2n) is 3.45. The molecular weight excluding hydrogens is 204 g/mol. The Kier molecular flexibility index (Phi) is 3.05. The summed E-state index contributed by atoms with van der Waals surface area (Å²) in [6.07, 6.45) is 1.61. The number of rotatable bonds is 4. The Bertz CT molecular complexity index is 454. The van der Waals surface area contributed by atoms with Gasteiger partial charge in [-0.25, -0.2) is 0 Å². The van der Waals surface area contributed by atoms with E-state index in [1.165, 1.54) is 0 Å². The Morgan fingerprint density at radius 3 is 2.56 bits per heavy atom. The van der Waals surface area contributed by atoms with Crippen LogP contribution in [0, 0.1) is 0 Å². The van der Waals surface area contributed by atoms with E-state index in [-0.39, 0.29) is 5.78 Å². The number of ether oxygens (including phenoxy) is 1. The van der Waals surface area contributed by atoms with E-state index < -0.39 is 0 Å². The minimum atomic E-state index is 0.0533. The number of benzene rings is 1. The minimum Gasteiger partial charge on any atom is -0.486 e. The average molecular weight is 216 g/mol. The molecule has 0 unspecified atom stereocenters. The molecule has 0 saturated heterocycles. The Balaban J connectivity index is 1.98. The summed E-state index contributed by atoms with van der Waals surface area (Å²) in [5.74, 6) is 1.55. The average Bonchev–Trinajstić information content (AvgIpc) is 2.80. The summed E-state index contributed by atoms with van der Waals surface area (Å²) in [4.78, 5) is 11.0. The van der Waals surface area contributed by atoms with Gasteiger partial charge < -0.3 is 9.15 Å². The van der Waals surface area contributed by atoms with E-state index in [2.05, 4.69) is 0 Å². The zero-order valence-electron chi connectivity index (χ0n) is 8.97. The fraction of sp³-hybridized carbons (Fsp3) is 0.154. The molecule has 0 aliphatic rings. The van der Waals surface area contributed by atoms with Crippen molar-refractivity contribution in [3.8, 4) is 5.75 Å². The van der Waals surface area contributed by atoms with Gasteiger partial charge in [0.1, 0.15) is 18.1 Å². The standard InChI is InChI=1S/C13H12O3/c1-10(14)11-4-6-12(7-5-11)16-9-13-3-2-8-15-13/h2-8H,9H2,1H3. The molecule has 2 aromatic rings. The Morgan fingerprint density at radius 1 is 1.25 bits per heavy atom. The van der Waals surface area contributed by atoms with E-state index in [0.717, 1.165) is 11.5 Å². The lowest BCUT2D eigenvalue weighted by Crippen LogP contribution is -1.95. The molecule has 82 valence electrons. The molecule has 0 fully saturated rings. The van der Waals surface area contributed by atoms with Gasteiger partial charge >= 0.3 is 0 Å². The third kappa shape index (κ3) is 2.51. The van der Waals surface area contributed by atoms with Crippen molar-refractivity contribution in [2.75, 3.05) is 0 Å². The molecule has 0 aliphatic heterocycles. The molecule has 0 N–H and O–H groups in total. The summed E-state index contributed by atoms with van der Waals surface area (Å²) in [7, 11) is 0. The van der Waals surface area contributed by atoms with Crippen LogP contribution in [0.4, 0.5) is 0 Å². The maximum atomic E-state index is 11.0. The molecule has 16 heavy (non-hydrogen) atoms. The summed E-state index contributed by atoms with van der Waals surface area (Å²) < 4.78 is 10.6. The summed E-state index contributed by atoms with van der Waals surface area (Å²) in [6.45, 7) is 1.94. The molecule has 0 radical (unpaired) electrons. The predicted molar refractivity (Wildman–Crippen MR) is 59.5 cm³/mol. The van der Waals surface area contributed by atoms with Crippen molar-refractivity contribution >= 4 is 5.78 Å². The summed E-state index contributed by atoms with van der Waals surface area (Å²) in [6, 6.07) is 10.7. The zero-order valence-corrected chi connectivity index (χ0v) is 8.97. The highest BCUT2D eigenvalue weighted by Gasteiger charge is 2.00. The van der Waals surface area contributed by atoms with E-state index in [0.29, 0.717) is 12.2 Å². The maximum Gasteiger partial charge on any atom is 0.159 e. The lowest BCUT2D eigenvalue weighted by molar-refractivity contribution is 0.101. The molecule has 3 nitrogen and oxygen atoms in total. The summed E-state index contributed by atoms with van der Waals surface area (Å²) in [5.41, 5.74) is 0.686. The van der Waals surface area contributed by atoms with Crippen LogP contribution in [0.2, 0.25) is 0 Å². The first-order valence-electron chi connectivity index (χ1n) is 5.02. The first-order valence-corrected chi connectivity index (χ1v) is 5.02. The predicted octanol–water partition coefficient (Wildman–Crippen LogP) is 3.06. The molecule has 2 rings (SSSR count). The smallest absolute Gasteiger partial charge is 0.159 e. The Morgan fingerprint density at radius 2 is 2.00 bits per heavy atom. The van der Waals surface area contributed by atoms with Crippen LogP contribution in [0.1, 0.15) is 23.0 Å². The highest BCUT2D eigenvalue weighted by molar-refractivity contribution is 5.94. The third-order valence-corrected chi connectivity index (χ3v) is 2.22. The first kappa shape index (κ1) is 10.5. The van der Waals surface area contributed by atoms with E-state index in [4.69, 9.17) is 9.15 Å². The molecule has 1 aromatic carbocycles. The van der Waals surface area contributed by atoms with Gasteiger partial charge in [0.2, 0.25) is 0 Å². The van der Waals surface area contributed by atoms with Gasteiger partial charge in [-0.1, -0.05) is 0 Å². The lowest BCUT2D eigenvalue weighted by atomic mass is 10.1. The maximum absolute atomic E-state index is 11.0. The van der Waals surface area contributed by atoms with Crippen LogP contribution in [0.15, 0.2) is 47.1 Å². The van der Waals surface area contributed by atoms with Gasteiger partial charge in [-0.05, 0) is 43.3 Å². The van der Waals surface area contributed by atoms with Crippen molar-refractivity contribution in [1.29, 1.82) is 0 Å². The van der Waals surface area contributed by atoms with Gasteiger partial charge in [0, 0.05) is 5.56 Å². The van der Waals surface area contributed by atoms with Crippen LogP contribution in [-0.4, -0.2) is 5.78 Å². The van der Waals surface area contributed by atoms with E-state index in [9.17, 15) is 4.79 Å². The lowest BCUT2D eigenvalue weighted by Gasteiger charge is -2.04. The number of carbonyl (C=O) groups is 1. The van der Waals surface area contributed by atoms with Crippen LogP contribution in [0.3, 0.4) is 0 Å². The molecule has 0 aliphatic carbocycles. The Hall–Kier alpha value is -2.03. The van der Waals surface area contributed by atoms with Crippen molar-refractivity contribution < 1.29 is 13.9 Å². The third-order valence-electron chi connectivity index (χ3n) is 2.22. The second kappa shape index (κ2) is 4.66. The van der Waals surface area contributed by atoms with Crippen LogP contribution < -0.4 is 4.74 Å². The monoisotopic (exact) mass is 216 g/mol. The van der Waals surface area contributed by atoms with Crippen molar-refractivity contribution in [2.45, 2.75) is 13.5 Å². The number of ketones is 1. The van der Waals surface area contributed by atoms with Gasteiger partial charge in [0.05, 0.1) is 6.26 Å². The molecule has 0 amide bonds. The normalized spacial score (nSPS) is 10.1. The van der Waals surface area contributed by atoms with Gasteiger partial charge in [-0.2, -0.15) is 0 Å². The second-order valence-corrected chi connectivity index (χ2v) is 3.45. The molecule has 0 saturated carbocycles. The molecular formula is C13H12O3. The molecule has 1 aromatic heterocycles. The molecule has 0 bridgehead atoms. The molecule has 0 spiro atoms. The topological polar surface area (TPSA) is 39.4 Å². The number of hydrogen-bond acceptors (Lipinski definition) is 3. The fourth-order valence-corrected chi connectivity index (χ4v) is 1.34. The van der Waals surface area contributed by atoms with Crippen LogP contribution in [0.5, 0.6) is 5.75 Å². The highest BCUT2D eigenvalue weighted by Crippen LogP contribution is 2.14. The first-order chi connectivity index (χ1) is 7.75. The SMILES string of the molecule is CC(=O)c1ccc(OCc2ccco2)cc1. The van der Waals surface area contributed by atoms with Crippen LogP contribution in [-0.2, 0) is 6.61 Å².